The van der Waals surface area contributed by atoms with Crippen LogP contribution >= 0.6 is 0 Å². The Bertz CT molecular complexity index is 1230. The molecular weight excluding hydrogens is 374 g/mol. The average Bonchev–Trinajstić information content (AvgIpc) is 2.77. The Morgan fingerprint density at radius 1 is 0.833 bits per heavy atom. The molecule has 0 atom stereocenters. The zero-order valence-corrected chi connectivity index (χ0v) is 16.9. The van der Waals surface area contributed by atoms with Gasteiger partial charge < -0.3 is 4.74 Å². The summed E-state index contributed by atoms with van der Waals surface area (Å²) < 4.78 is 5.40. The standard InChI is InChI=1S/C26H21NO3/c1-17-8-11-20(12-9-17)25(28)16-30-26(29)22-15-24(19-6-4-3-5-7-19)27-23-13-10-18(2)14-21(22)23/h3-15H,16H2,1-2H3. The molecule has 0 aliphatic carbocycles. The molecule has 0 saturated carbocycles. The molecule has 0 bridgehead atoms. The zero-order valence-electron chi connectivity index (χ0n) is 16.9. The van der Waals surface area contributed by atoms with E-state index < -0.39 is 5.97 Å². The predicted molar refractivity (Wildman–Crippen MR) is 118 cm³/mol. The number of carbonyl (C=O) groups is 2. The number of ether oxygens (including phenoxy) is 1. The minimum Gasteiger partial charge on any atom is -0.454 e. The van der Waals surface area contributed by atoms with Crippen molar-refractivity contribution in [3.63, 3.8) is 0 Å². The number of aryl methyl sites for hydroxylation is 2. The van der Waals surface area contributed by atoms with Gasteiger partial charge in [-0.15, -0.1) is 0 Å². The van der Waals surface area contributed by atoms with Crippen LogP contribution in [0.25, 0.3) is 22.2 Å². The number of hydrogen-bond acceptors (Lipinski definition) is 4. The topological polar surface area (TPSA) is 56.3 Å². The molecule has 0 aliphatic heterocycles. The van der Waals surface area contributed by atoms with Crippen molar-refractivity contribution in [2.45, 2.75) is 13.8 Å². The number of nitrogens with zero attached hydrogens (tertiary/aromatic N) is 1. The lowest BCUT2D eigenvalue weighted by atomic mass is 10.0. The Morgan fingerprint density at radius 3 is 2.27 bits per heavy atom. The van der Waals surface area contributed by atoms with E-state index >= 15 is 0 Å². The highest BCUT2D eigenvalue weighted by molar-refractivity contribution is 6.06. The second-order valence-corrected chi connectivity index (χ2v) is 7.31. The number of rotatable bonds is 5. The third-order valence-corrected chi connectivity index (χ3v) is 4.96. The van der Waals surface area contributed by atoms with Crippen LogP contribution in [-0.4, -0.2) is 23.3 Å². The Balaban J connectivity index is 1.66. The monoisotopic (exact) mass is 395 g/mol. The molecule has 0 amide bonds. The van der Waals surface area contributed by atoms with Gasteiger partial charge in [0.15, 0.2) is 12.4 Å². The van der Waals surface area contributed by atoms with Crippen LogP contribution in [0.3, 0.4) is 0 Å². The van der Waals surface area contributed by atoms with Crippen molar-refractivity contribution in [3.8, 4) is 11.3 Å². The number of carbonyl (C=O) groups excluding carboxylic acids is 2. The zero-order chi connectivity index (χ0) is 21.1. The molecule has 4 aromatic rings. The molecule has 0 unspecified atom stereocenters. The van der Waals surface area contributed by atoms with E-state index in [9.17, 15) is 9.59 Å². The number of fused-ring (bicyclic) bond motifs is 1. The first-order chi connectivity index (χ1) is 14.5. The van der Waals surface area contributed by atoms with Gasteiger partial charge in [0.25, 0.3) is 0 Å². The fraction of sp³-hybridized carbons (Fsp3) is 0.115. The number of hydrogen-bond donors (Lipinski definition) is 0. The molecule has 0 radical (unpaired) electrons. The molecule has 0 fully saturated rings. The molecule has 1 aromatic heterocycles. The van der Waals surface area contributed by atoms with Crippen molar-refractivity contribution in [2.24, 2.45) is 0 Å². The van der Waals surface area contributed by atoms with Crippen molar-refractivity contribution >= 4 is 22.7 Å². The number of pyridine rings is 1. The van der Waals surface area contributed by atoms with Crippen LogP contribution < -0.4 is 0 Å². The minimum absolute atomic E-state index is 0.235. The van der Waals surface area contributed by atoms with Gasteiger partial charge in [0.2, 0.25) is 0 Å². The maximum atomic E-state index is 12.9. The van der Waals surface area contributed by atoms with E-state index in [1.54, 1.807) is 18.2 Å². The van der Waals surface area contributed by atoms with E-state index in [2.05, 4.69) is 0 Å². The molecule has 4 rings (SSSR count). The number of benzene rings is 3. The second-order valence-electron chi connectivity index (χ2n) is 7.31. The molecule has 4 heteroatoms. The van der Waals surface area contributed by atoms with E-state index in [-0.39, 0.29) is 12.4 Å². The van der Waals surface area contributed by atoms with E-state index in [4.69, 9.17) is 9.72 Å². The summed E-state index contributed by atoms with van der Waals surface area (Å²) in [5.74, 6) is -0.771. The number of Topliss-reactive ketones (excluding diaryl/α,β-unsaturated/α-hetero) is 1. The minimum atomic E-state index is -0.536. The van der Waals surface area contributed by atoms with Crippen LogP contribution in [0, 0.1) is 13.8 Å². The van der Waals surface area contributed by atoms with Gasteiger partial charge >= 0.3 is 5.97 Å². The molecule has 4 nitrogen and oxygen atoms in total. The lowest BCUT2D eigenvalue weighted by Gasteiger charge is -2.11. The quantitative estimate of drug-likeness (QED) is 0.328. The normalized spacial score (nSPS) is 10.7. The largest absolute Gasteiger partial charge is 0.454 e. The maximum absolute atomic E-state index is 12.9. The van der Waals surface area contributed by atoms with Gasteiger partial charge in [-0.3, -0.25) is 4.79 Å². The summed E-state index contributed by atoms with van der Waals surface area (Å²) in [6.45, 7) is 3.61. The molecular formula is C26H21NO3. The van der Waals surface area contributed by atoms with Crippen LogP contribution in [-0.2, 0) is 4.74 Å². The Morgan fingerprint density at radius 2 is 1.53 bits per heavy atom. The third-order valence-electron chi connectivity index (χ3n) is 4.96. The van der Waals surface area contributed by atoms with E-state index in [1.807, 2.05) is 74.5 Å². The number of aromatic nitrogens is 1. The number of esters is 1. The smallest absolute Gasteiger partial charge is 0.339 e. The van der Waals surface area contributed by atoms with Crippen LogP contribution in [0.4, 0.5) is 0 Å². The maximum Gasteiger partial charge on any atom is 0.339 e. The van der Waals surface area contributed by atoms with Crippen LogP contribution in [0.1, 0.15) is 31.8 Å². The van der Waals surface area contributed by atoms with Gasteiger partial charge in [-0.25, -0.2) is 9.78 Å². The fourth-order valence-corrected chi connectivity index (χ4v) is 3.30. The highest BCUT2D eigenvalue weighted by Gasteiger charge is 2.17. The first-order valence-corrected chi connectivity index (χ1v) is 9.75. The molecule has 0 N–H and O–H groups in total. The molecule has 30 heavy (non-hydrogen) atoms. The van der Waals surface area contributed by atoms with Crippen molar-refractivity contribution in [1.29, 1.82) is 0 Å². The van der Waals surface area contributed by atoms with Gasteiger partial charge in [0, 0.05) is 16.5 Å². The fourth-order valence-electron chi connectivity index (χ4n) is 3.30. The average molecular weight is 395 g/mol. The van der Waals surface area contributed by atoms with Crippen LogP contribution in [0.2, 0.25) is 0 Å². The SMILES string of the molecule is Cc1ccc(C(=O)COC(=O)c2cc(-c3ccccc3)nc3ccc(C)cc23)cc1. The molecule has 3 aromatic carbocycles. The highest BCUT2D eigenvalue weighted by atomic mass is 16.5. The lowest BCUT2D eigenvalue weighted by Crippen LogP contribution is -2.15. The third kappa shape index (κ3) is 4.13. The lowest BCUT2D eigenvalue weighted by molar-refractivity contribution is 0.0476. The van der Waals surface area contributed by atoms with Crippen LogP contribution in [0.15, 0.2) is 78.9 Å². The van der Waals surface area contributed by atoms with E-state index in [0.29, 0.717) is 27.7 Å². The Hall–Kier alpha value is -3.79. The summed E-state index contributed by atoms with van der Waals surface area (Å²) in [5.41, 5.74) is 5.30. The number of ketones is 1. The van der Waals surface area contributed by atoms with Crippen molar-refractivity contribution in [3.05, 3.63) is 101 Å². The molecule has 148 valence electrons. The van der Waals surface area contributed by atoms with E-state index in [0.717, 1.165) is 16.7 Å². The molecule has 1 heterocycles. The van der Waals surface area contributed by atoms with Gasteiger partial charge in [-0.05, 0) is 32.0 Å². The second kappa shape index (κ2) is 8.29. The summed E-state index contributed by atoms with van der Waals surface area (Å²) in [7, 11) is 0. The summed E-state index contributed by atoms with van der Waals surface area (Å²) in [6, 6.07) is 24.4. The first-order valence-electron chi connectivity index (χ1n) is 9.75. The predicted octanol–water partition coefficient (Wildman–Crippen LogP) is 5.56. The summed E-state index contributed by atoms with van der Waals surface area (Å²) >= 11 is 0. The Labute approximate surface area is 175 Å². The molecule has 0 spiro atoms. The first kappa shape index (κ1) is 19.5. The van der Waals surface area contributed by atoms with E-state index in [1.165, 1.54) is 0 Å². The van der Waals surface area contributed by atoms with Gasteiger partial charge in [-0.1, -0.05) is 71.8 Å². The van der Waals surface area contributed by atoms with Gasteiger partial charge in [-0.2, -0.15) is 0 Å². The van der Waals surface area contributed by atoms with Gasteiger partial charge in [0.1, 0.15) is 0 Å². The highest BCUT2D eigenvalue weighted by Crippen LogP contribution is 2.26. The van der Waals surface area contributed by atoms with Crippen molar-refractivity contribution in [1.82, 2.24) is 4.98 Å². The molecule has 0 saturated heterocycles. The summed E-state index contributed by atoms with van der Waals surface area (Å²) in [6.07, 6.45) is 0. The Kier molecular flexibility index (Phi) is 5.40. The van der Waals surface area contributed by atoms with Gasteiger partial charge in [0.05, 0.1) is 16.8 Å². The van der Waals surface area contributed by atoms with Crippen molar-refractivity contribution in [2.75, 3.05) is 6.61 Å². The molecule has 0 aliphatic rings. The van der Waals surface area contributed by atoms with Crippen molar-refractivity contribution < 1.29 is 14.3 Å². The van der Waals surface area contributed by atoms with Crippen LogP contribution in [0.5, 0.6) is 0 Å². The summed E-state index contributed by atoms with van der Waals surface area (Å²) in [4.78, 5) is 30.1. The summed E-state index contributed by atoms with van der Waals surface area (Å²) in [5, 5.41) is 0.711.